The molecule has 0 spiro atoms. The van der Waals surface area contributed by atoms with Gasteiger partial charge in [-0.05, 0) is 15.9 Å². The molecule has 0 atom stereocenters. The third-order valence-corrected chi connectivity index (χ3v) is 2.21. The van der Waals surface area contributed by atoms with Crippen LogP contribution in [0.1, 0.15) is 0 Å². The SMILES string of the molecule is C=CCN(C)c1ncc(Br)cc1[N+](=O)[O-]. The fraction of sp³-hybridized carbons (Fsp3) is 0.222. The standard InChI is InChI=1S/C9H10BrN3O2/c1-3-4-12(2)9-8(13(14)15)5-7(10)6-11-9/h3,5-6H,1,4H2,2H3. The van der Waals surface area contributed by atoms with E-state index < -0.39 is 4.92 Å². The normalized spacial score (nSPS) is 9.73. The summed E-state index contributed by atoms with van der Waals surface area (Å²) in [5.74, 6) is 0.336. The smallest absolute Gasteiger partial charge is 0.312 e. The lowest BCUT2D eigenvalue weighted by Gasteiger charge is -2.15. The van der Waals surface area contributed by atoms with Gasteiger partial charge >= 0.3 is 5.69 Å². The first-order valence-electron chi connectivity index (χ1n) is 4.18. The van der Waals surface area contributed by atoms with Gasteiger partial charge in [0.2, 0.25) is 5.82 Å². The largest absolute Gasteiger partial charge is 0.350 e. The maximum atomic E-state index is 10.8. The number of likely N-dealkylation sites (N-methyl/N-ethyl adjacent to an activating group) is 1. The Labute approximate surface area is 95.7 Å². The molecule has 1 aromatic heterocycles. The second-order valence-corrected chi connectivity index (χ2v) is 3.84. The summed E-state index contributed by atoms with van der Waals surface area (Å²) in [6.07, 6.45) is 3.19. The summed E-state index contributed by atoms with van der Waals surface area (Å²) in [6, 6.07) is 1.43. The van der Waals surface area contributed by atoms with E-state index in [1.54, 1.807) is 18.0 Å². The van der Waals surface area contributed by atoms with Gasteiger partial charge in [0.1, 0.15) is 0 Å². The second kappa shape index (κ2) is 4.88. The Hall–Kier alpha value is -1.43. The van der Waals surface area contributed by atoms with Crippen LogP contribution in [-0.2, 0) is 0 Å². The summed E-state index contributed by atoms with van der Waals surface area (Å²) in [4.78, 5) is 16.0. The number of rotatable bonds is 4. The molecule has 0 aliphatic rings. The predicted molar refractivity (Wildman–Crippen MR) is 62.1 cm³/mol. The molecule has 1 heterocycles. The zero-order valence-electron chi connectivity index (χ0n) is 8.18. The van der Waals surface area contributed by atoms with Gasteiger partial charge in [-0.15, -0.1) is 6.58 Å². The van der Waals surface area contributed by atoms with Crippen molar-refractivity contribution >= 4 is 27.4 Å². The van der Waals surface area contributed by atoms with E-state index in [2.05, 4.69) is 27.5 Å². The number of anilines is 1. The lowest BCUT2D eigenvalue weighted by atomic mass is 10.3. The van der Waals surface area contributed by atoms with Gasteiger partial charge in [0, 0.05) is 30.3 Å². The van der Waals surface area contributed by atoms with Crippen LogP contribution in [0, 0.1) is 10.1 Å². The van der Waals surface area contributed by atoms with Crippen molar-refractivity contribution in [1.29, 1.82) is 0 Å². The first-order valence-corrected chi connectivity index (χ1v) is 4.97. The quantitative estimate of drug-likeness (QED) is 0.479. The predicted octanol–water partition coefficient (Wildman–Crippen LogP) is 2.37. The maximum absolute atomic E-state index is 10.8. The minimum absolute atomic E-state index is 0.0197. The third kappa shape index (κ3) is 2.76. The lowest BCUT2D eigenvalue weighted by molar-refractivity contribution is -0.384. The van der Waals surface area contributed by atoms with E-state index in [1.165, 1.54) is 12.3 Å². The molecule has 0 amide bonds. The molecule has 0 aliphatic carbocycles. The molecule has 0 radical (unpaired) electrons. The molecule has 6 heteroatoms. The monoisotopic (exact) mass is 271 g/mol. The second-order valence-electron chi connectivity index (χ2n) is 2.92. The van der Waals surface area contributed by atoms with Gasteiger partial charge in [0.25, 0.3) is 0 Å². The van der Waals surface area contributed by atoms with Gasteiger partial charge in [-0.1, -0.05) is 6.08 Å². The Morgan fingerprint density at radius 1 is 1.80 bits per heavy atom. The molecule has 0 bridgehead atoms. The van der Waals surface area contributed by atoms with Crippen molar-refractivity contribution < 1.29 is 4.92 Å². The van der Waals surface area contributed by atoms with Gasteiger partial charge in [-0.25, -0.2) is 4.98 Å². The van der Waals surface area contributed by atoms with Crippen LogP contribution >= 0.6 is 15.9 Å². The van der Waals surface area contributed by atoms with E-state index in [9.17, 15) is 10.1 Å². The van der Waals surface area contributed by atoms with Crippen molar-refractivity contribution in [3.63, 3.8) is 0 Å². The van der Waals surface area contributed by atoms with Gasteiger partial charge in [-0.3, -0.25) is 10.1 Å². The molecule has 0 aliphatic heterocycles. The van der Waals surface area contributed by atoms with Crippen LogP contribution in [-0.4, -0.2) is 23.5 Å². The summed E-state index contributed by atoms with van der Waals surface area (Å²) < 4.78 is 0.588. The van der Waals surface area contributed by atoms with E-state index in [4.69, 9.17) is 0 Å². The molecular weight excluding hydrogens is 262 g/mol. The number of aromatic nitrogens is 1. The number of nitrogens with zero attached hydrogens (tertiary/aromatic N) is 3. The molecule has 0 saturated heterocycles. The van der Waals surface area contributed by atoms with Gasteiger partial charge in [0.15, 0.2) is 0 Å². The number of halogens is 1. The maximum Gasteiger partial charge on any atom is 0.312 e. The van der Waals surface area contributed by atoms with Crippen LogP contribution in [0.2, 0.25) is 0 Å². The molecule has 80 valence electrons. The first-order chi connectivity index (χ1) is 7.06. The van der Waals surface area contributed by atoms with Crippen molar-refractivity contribution in [2.24, 2.45) is 0 Å². The summed E-state index contributed by atoms with van der Waals surface area (Å²) in [7, 11) is 1.73. The highest BCUT2D eigenvalue weighted by molar-refractivity contribution is 9.10. The molecular formula is C9H10BrN3O2. The molecule has 0 fully saturated rings. The fourth-order valence-corrected chi connectivity index (χ4v) is 1.45. The summed E-state index contributed by atoms with van der Waals surface area (Å²) in [5, 5.41) is 10.8. The number of hydrogen-bond acceptors (Lipinski definition) is 4. The van der Waals surface area contributed by atoms with Gasteiger partial charge in [0.05, 0.1) is 4.92 Å². The summed E-state index contributed by atoms with van der Waals surface area (Å²) in [5.41, 5.74) is -0.0197. The van der Waals surface area contributed by atoms with E-state index in [0.29, 0.717) is 16.8 Å². The van der Waals surface area contributed by atoms with Crippen molar-refractivity contribution in [1.82, 2.24) is 4.98 Å². The topological polar surface area (TPSA) is 59.3 Å². The summed E-state index contributed by atoms with van der Waals surface area (Å²) >= 11 is 3.15. The highest BCUT2D eigenvalue weighted by Gasteiger charge is 2.18. The zero-order chi connectivity index (χ0) is 11.4. The van der Waals surface area contributed by atoms with E-state index in [1.807, 2.05) is 0 Å². The van der Waals surface area contributed by atoms with Crippen molar-refractivity contribution in [3.8, 4) is 0 Å². The Balaban J connectivity index is 3.16. The zero-order valence-corrected chi connectivity index (χ0v) is 9.77. The number of pyridine rings is 1. The van der Waals surface area contributed by atoms with Crippen molar-refractivity contribution in [2.45, 2.75) is 0 Å². The highest BCUT2D eigenvalue weighted by atomic mass is 79.9. The minimum Gasteiger partial charge on any atom is -0.350 e. The van der Waals surface area contributed by atoms with E-state index in [0.717, 1.165) is 0 Å². The van der Waals surface area contributed by atoms with Crippen molar-refractivity contribution in [3.05, 3.63) is 39.5 Å². The molecule has 1 rings (SSSR count). The van der Waals surface area contributed by atoms with Crippen LogP contribution < -0.4 is 4.90 Å². The van der Waals surface area contributed by atoms with E-state index in [-0.39, 0.29) is 5.69 Å². The van der Waals surface area contributed by atoms with Crippen LogP contribution in [0.25, 0.3) is 0 Å². The number of hydrogen-bond donors (Lipinski definition) is 0. The van der Waals surface area contributed by atoms with Crippen molar-refractivity contribution in [2.75, 3.05) is 18.5 Å². The first kappa shape index (κ1) is 11.6. The van der Waals surface area contributed by atoms with Crippen LogP contribution in [0.5, 0.6) is 0 Å². The van der Waals surface area contributed by atoms with Crippen LogP contribution in [0.15, 0.2) is 29.4 Å². The van der Waals surface area contributed by atoms with Crippen LogP contribution in [0.3, 0.4) is 0 Å². The molecule has 0 unspecified atom stereocenters. The Morgan fingerprint density at radius 2 is 2.47 bits per heavy atom. The molecule has 0 N–H and O–H groups in total. The Bertz CT molecular complexity index is 395. The Kier molecular flexibility index (Phi) is 3.79. The average molecular weight is 272 g/mol. The summed E-state index contributed by atoms with van der Waals surface area (Å²) in [6.45, 7) is 4.08. The Morgan fingerprint density at radius 3 is 3.00 bits per heavy atom. The minimum atomic E-state index is -0.452. The van der Waals surface area contributed by atoms with Crippen LogP contribution in [0.4, 0.5) is 11.5 Å². The molecule has 0 saturated carbocycles. The number of nitro groups is 1. The fourth-order valence-electron chi connectivity index (χ4n) is 1.13. The van der Waals surface area contributed by atoms with Gasteiger partial charge in [-0.2, -0.15) is 0 Å². The molecule has 0 aromatic carbocycles. The molecule has 5 nitrogen and oxygen atoms in total. The third-order valence-electron chi connectivity index (χ3n) is 1.78. The van der Waals surface area contributed by atoms with Gasteiger partial charge < -0.3 is 4.90 Å². The molecule has 15 heavy (non-hydrogen) atoms. The highest BCUT2D eigenvalue weighted by Crippen LogP contribution is 2.27. The van der Waals surface area contributed by atoms with E-state index >= 15 is 0 Å². The average Bonchev–Trinajstić information content (AvgIpc) is 2.17. The lowest BCUT2D eigenvalue weighted by Crippen LogP contribution is -2.19. The molecule has 1 aromatic rings.